The third-order valence-corrected chi connectivity index (χ3v) is 6.58. The summed E-state index contributed by atoms with van der Waals surface area (Å²) in [4.78, 5) is 19.9. The maximum absolute atomic E-state index is 11.1. The summed E-state index contributed by atoms with van der Waals surface area (Å²) in [7, 11) is 3.74. The number of nitrogens with one attached hydrogen (secondary N) is 3. The number of hydrogen-bond acceptors (Lipinski definition) is 8. The number of nitrogens with zero attached hydrogens (tertiary/aromatic N) is 4. The van der Waals surface area contributed by atoms with Crippen molar-refractivity contribution in [3.63, 3.8) is 0 Å². The Morgan fingerprint density at radius 3 is 2.79 bits per heavy atom. The molecule has 3 N–H and O–H groups in total. The molecule has 172 valence electrons. The van der Waals surface area contributed by atoms with Crippen molar-refractivity contribution in [3.8, 4) is 0 Å². The minimum absolute atomic E-state index is 0.504. The van der Waals surface area contributed by atoms with Gasteiger partial charge in [0.25, 0.3) is 0 Å². The fourth-order valence-electron chi connectivity index (χ4n) is 3.38. The summed E-state index contributed by atoms with van der Waals surface area (Å²) in [6.07, 6.45) is 4.55. The fourth-order valence-corrected chi connectivity index (χ4v) is 5.07. The standard InChI is InChI=1S/C12H10N4OS2.C9H11N3.C2H6/c1-16-9(4-17)8(3-13)11-12(16)15-10(19-11)2-7-5-18-6-14-7;1-10-5-7-3-2-4-9-8(7)6-11-12-9;1-2/h3-6,13H,2H2,1H3;2-4,6,10H,5H2,1H3,(H,11,12);1-2H3. The van der Waals surface area contributed by atoms with Crippen LogP contribution >= 0.6 is 22.7 Å². The number of benzene rings is 1. The Morgan fingerprint density at radius 2 is 2.12 bits per heavy atom. The number of H-pyrrole nitrogens is 1. The van der Waals surface area contributed by atoms with Crippen LogP contribution in [0.4, 0.5) is 0 Å². The van der Waals surface area contributed by atoms with Crippen LogP contribution < -0.4 is 5.32 Å². The first-order chi connectivity index (χ1) is 16.2. The topological polar surface area (TPSA) is 112 Å². The van der Waals surface area contributed by atoms with E-state index < -0.39 is 0 Å². The summed E-state index contributed by atoms with van der Waals surface area (Å²) in [5, 5.41) is 21.7. The molecular weight excluding hydrogens is 454 g/mol. The first-order valence-corrected chi connectivity index (χ1v) is 12.3. The van der Waals surface area contributed by atoms with Crippen LogP contribution in [0.3, 0.4) is 0 Å². The summed E-state index contributed by atoms with van der Waals surface area (Å²) in [5.74, 6) is 0. The normalized spacial score (nSPS) is 10.4. The molecule has 1 aromatic carbocycles. The molecule has 4 heterocycles. The zero-order valence-corrected chi connectivity index (χ0v) is 20.7. The number of carbonyl (C=O) groups is 1. The van der Waals surface area contributed by atoms with E-state index in [0.717, 1.165) is 39.4 Å². The molecule has 5 aromatic rings. The maximum Gasteiger partial charge on any atom is 0.167 e. The molecule has 0 atom stereocenters. The van der Waals surface area contributed by atoms with E-state index in [1.807, 2.05) is 44.6 Å². The molecule has 0 saturated heterocycles. The number of thiazole rings is 2. The molecule has 0 bridgehead atoms. The second-order valence-electron chi connectivity index (χ2n) is 6.82. The molecule has 0 unspecified atom stereocenters. The maximum atomic E-state index is 11.1. The molecule has 0 radical (unpaired) electrons. The predicted octanol–water partition coefficient (Wildman–Crippen LogP) is 4.80. The Hall–Kier alpha value is -3.21. The number of aromatic nitrogens is 5. The van der Waals surface area contributed by atoms with E-state index in [4.69, 9.17) is 5.41 Å². The first kappa shape index (κ1) is 24.4. The average molecular weight is 482 g/mol. The number of aromatic amines is 1. The zero-order valence-electron chi connectivity index (χ0n) is 19.0. The highest BCUT2D eigenvalue weighted by atomic mass is 32.1. The van der Waals surface area contributed by atoms with Gasteiger partial charge in [0.2, 0.25) is 0 Å². The lowest BCUT2D eigenvalue weighted by Gasteiger charge is -1.99. The Balaban J connectivity index is 0.000000188. The molecule has 0 saturated carbocycles. The van der Waals surface area contributed by atoms with Gasteiger partial charge in [-0.1, -0.05) is 26.0 Å². The molecule has 4 aromatic heterocycles. The van der Waals surface area contributed by atoms with Crippen LogP contribution in [0.15, 0.2) is 35.3 Å². The Kier molecular flexibility index (Phi) is 8.58. The Bertz CT molecular complexity index is 1330. The Labute approximate surface area is 200 Å². The third-order valence-electron chi connectivity index (χ3n) is 4.87. The Morgan fingerprint density at radius 1 is 1.30 bits per heavy atom. The van der Waals surface area contributed by atoms with Gasteiger partial charge >= 0.3 is 0 Å². The number of fused-ring (bicyclic) bond motifs is 2. The van der Waals surface area contributed by atoms with Gasteiger partial charge in [0.1, 0.15) is 5.01 Å². The van der Waals surface area contributed by atoms with Crippen LogP contribution in [0, 0.1) is 5.41 Å². The van der Waals surface area contributed by atoms with Gasteiger partial charge in [0, 0.05) is 42.6 Å². The van der Waals surface area contributed by atoms with Crippen LogP contribution in [-0.2, 0) is 20.0 Å². The van der Waals surface area contributed by atoms with Crippen LogP contribution in [0.2, 0.25) is 0 Å². The van der Waals surface area contributed by atoms with Crippen LogP contribution in [0.5, 0.6) is 0 Å². The van der Waals surface area contributed by atoms with E-state index in [2.05, 4.69) is 31.5 Å². The van der Waals surface area contributed by atoms with E-state index >= 15 is 0 Å². The van der Waals surface area contributed by atoms with Gasteiger partial charge in [0.15, 0.2) is 11.9 Å². The lowest BCUT2D eigenvalue weighted by molar-refractivity contribution is 0.111. The molecule has 5 rings (SSSR count). The van der Waals surface area contributed by atoms with Crippen LogP contribution in [-0.4, -0.2) is 44.3 Å². The summed E-state index contributed by atoms with van der Waals surface area (Å²) in [5.41, 5.74) is 7.09. The van der Waals surface area contributed by atoms with E-state index in [1.165, 1.54) is 28.5 Å². The second kappa shape index (κ2) is 11.6. The molecule has 0 aliphatic carbocycles. The molecule has 0 amide bonds. The van der Waals surface area contributed by atoms with E-state index in [1.54, 1.807) is 28.5 Å². The summed E-state index contributed by atoms with van der Waals surface area (Å²) < 4.78 is 2.63. The quantitative estimate of drug-likeness (QED) is 0.238. The summed E-state index contributed by atoms with van der Waals surface area (Å²) >= 11 is 3.08. The molecule has 0 spiro atoms. The van der Waals surface area contributed by atoms with Gasteiger partial charge in [0.05, 0.1) is 33.3 Å². The first-order valence-electron chi connectivity index (χ1n) is 10.5. The van der Waals surface area contributed by atoms with Crippen molar-refractivity contribution in [1.82, 2.24) is 30.0 Å². The highest BCUT2D eigenvalue weighted by molar-refractivity contribution is 7.19. The molecule has 10 heteroatoms. The van der Waals surface area contributed by atoms with Crippen molar-refractivity contribution < 1.29 is 4.79 Å². The van der Waals surface area contributed by atoms with Crippen molar-refractivity contribution in [2.24, 2.45) is 7.05 Å². The monoisotopic (exact) mass is 481 g/mol. The number of aldehydes is 1. The van der Waals surface area contributed by atoms with E-state index in [-0.39, 0.29) is 0 Å². The van der Waals surface area contributed by atoms with Gasteiger partial charge < -0.3 is 15.3 Å². The number of hydrogen-bond donors (Lipinski definition) is 3. The second-order valence-corrected chi connectivity index (χ2v) is 8.62. The van der Waals surface area contributed by atoms with Gasteiger partial charge in [-0.2, -0.15) is 5.10 Å². The third kappa shape index (κ3) is 5.24. The highest BCUT2D eigenvalue weighted by Crippen LogP contribution is 2.30. The van der Waals surface area contributed by atoms with Gasteiger partial charge in [-0.3, -0.25) is 9.89 Å². The molecule has 0 fully saturated rings. The van der Waals surface area contributed by atoms with Crippen molar-refractivity contribution in [2.45, 2.75) is 26.8 Å². The minimum atomic E-state index is 0.504. The molecule has 0 aliphatic rings. The highest BCUT2D eigenvalue weighted by Gasteiger charge is 2.18. The zero-order chi connectivity index (χ0) is 23.8. The smallest absolute Gasteiger partial charge is 0.167 e. The number of carbonyl (C=O) groups excluding carboxylic acids is 1. The summed E-state index contributed by atoms with van der Waals surface area (Å²) in [6.45, 7) is 4.89. The predicted molar refractivity (Wildman–Crippen MR) is 137 cm³/mol. The fraction of sp³-hybridized carbons (Fsp3) is 0.261. The molecule has 33 heavy (non-hydrogen) atoms. The molecule has 0 aliphatic heterocycles. The average Bonchev–Trinajstić information content (AvgIpc) is 3.62. The molecular formula is C23H27N7OS2. The summed E-state index contributed by atoms with van der Waals surface area (Å²) in [6, 6.07) is 6.17. The van der Waals surface area contributed by atoms with Gasteiger partial charge in [-0.15, -0.1) is 22.7 Å². The minimum Gasteiger partial charge on any atom is -0.325 e. The number of rotatable bonds is 6. The lowest BCUT2D eigenvalue weighted by atomic mass is 10.1. The van der Waals surface area contributed by atoms with Gasteiger partial charge in [-0.05, 0) is 18.7 Å². The van der Waals surface area contributed by atoms with Gasteiger partial charge in [-0.25, -0.2) is 9.97 Å². The SMILES string of the molecule is CC.CNCc1cccc2[nH]ncc12.Cn1c(C=O)c(C=N)c2sc(Cc3cscn3)nc21. The largest absolute Gasteiger partial charge is 0.325 e. The van der Waals surface area contributed by atoms with Crippen molar-refractivity contribution in [1.29, 1.82) is 5.41 Å². The van der Waals surface area contributed by atoms with E-state index in [0.29, 0.717) is 17.7 Å². The van der Waals surface area contributed by atoms with Crippen LogP contribution in [0.25, 0.3) is 21.3 Å². The van der Waals surface area contributed by atoms with Crippen molar-refractivity contribution in [3.05, 3.63) is 62.8 Å². The number of aryl methyl sites for hydroxylation is 1. The van der Waals surface area contributed by atoms with Crippen LogP contribution in [0.1, 0.15) is 46.2 Å². The van der Waals surface area contributed by atoms with E-state index in [9.17, 15) is 4.79 Å². The van der Waals surface area contributed by atoms with Crippen molar-refractivity contribution in [2.75, 3.05) is 7.05 Å². The van der Waals surface area contributed by atoms with Crippen molar-refractivity contribution >= 4 is 56.4 Å². The molecule has 8 nitrogen and oxygen atoms in total. The lowest BCUT2D eigenvalue weighted by Crippen LogP contribution is -2.04.